The van der Waals surface area contributed by atoms with Crippen molar-refractivity contribution in [1.29, 1.82) is 0 Å². The smallest absolute Gasteiger partial charge is 0.136 e. The highest BCUT2D eigenvalue weighted by Crippen LogP contribution is 2.32. The number of nitrogens with zero attached hydrogens (tertiary/aromatic N) is 2. The van der Waals surface area contributed by atoms with E-state index in [1.807, 2.05) is 42.4 Å². The van der Waals surface area contributed by atoms with E-state index < -0.39 is 0 Å². The third-order valence-electron chi connectivity index (χ3n) is 3.20. The Morgan fingerprint density at radius 1 is 1.26 bits per heavy atom. The van der Waals surface area contributed by atoms with Crippen LogP contribution >= 0.6 is 15.9 Å². The molecule has 0 fully saturated rings. The van der Waals surface area contributed by atoms with Crippen molar-refractivity contribution >= 4 is 38.4 Å². The minimum atomic E-state index is 0.887. The molecule has 0 radical (unpaired) electrons. The zero-order valence-corrected chi connectivity index (χ0v) is 12.3. The molecule has 0 saturated carbocycles. The van der Waals surface area contributed by atoms with E-state index in [4.69, 9.17) is 4.42 Å². The van der Waals surface area contributed by atoms with Crippen LogP contribution in [0.25, 0.3) is 11.0 Å². The molecule has 0 amide bonds. The monoisotopic (exact) mass is 316 g/mol. The number of benzene rings is 1. The van der Waals surface area contributed by atoms with Crippen LogP contribution in [0.5, 0.6) is 0 Å². The Kier molecular flexibility index (Phi) is 3.03. The lowest BCUT2D eigenvalue weighted by atomic mass is 10.2. The van der Waals surface area contributed by atoms with E-state index in [0.29, 0.717) is 0 Å². The van der Waals surface area contributed by atoms with Gasteiger partial charge >= 0.3 is 0 Å². The fourth-order valence-corrected chi connectivity index (χ4v) is 2.27. The van der Waals surface area contributed by atoms with Crippen molar-refractivity contribution in [3.63, 3.8) is 0 Å². The van der Waals surface area contributed by atoms with Crippen LogP contribution in [0.4, 0.5) is 11.5 Å². The summed E-state index contributed by atoms with van der Waals surface area (Å²) in [7, 11) is 1.99. The molecule has 0 atom stereocenters. The highest BCUT2D eigenvalue weighted by molar-refractivity contribution is 9.10. The molecule has 0 N–H and O–H groups in total. The largest absolute Gasteiger partial charge is 0.462 e. The van der Waals surface area contributed by atoms with E-state index in [1.54, 1.807) is 6.26 Å². The molecule has 3 aromatic rings. The topological polar surface area (TPSA) is 29.3 Å². The molecule has 2 aromatic heterocycles. The van der Waals surface area contributed by atoms with Crippen molar-refractivity contribution in [2.45, 2.75) is 6.92 Å². The number of aryl methyl sites for hydroxylation is 1. The third-order valence-corrected chi connectivity index (χ3v) is 4.03. The van der Waals surface area contributed by atoms with Crippen molar-refractivity contribution in [3.05, 3.63) is 52.8 Å². The summed E-state index contributed by atoms with van der Waals surface area (Å²) in [5, 5.41) is 1.09. The number of fused-ring (bicyclic) bond motifs is 1. The van der Waals surface area contributed by atoms with E-state index in [2.05, 4.69) is 33.9 Å². The zero-order chi connectivity index (χ0) is 13.4. The van der Waals surface area contributed by atoms with Gasteiger partial charge in [-0.2, -0.15) is 0 Å². The zero-order valence-electron chi connectivity index (χ0n) is 10.7. The lowest BCUT2D eigenvalue weighted by molar-refractivity contribution is 0.616. The maximum absolute atomic E-state index is 5.57. The number of rotatable bonds is 2. The van der Waals surface area contributed by atoms with E-state index in [-0.39, 0.29) is 0 Å². The highest BCUT2D eigenvalue weighted by atomic mass is 79.9. The van der Waals surface area contributed by atoms with Crippen LogP contribution in [-0.4, -0.2) is 12.0 Å². The summed E-state index contributed by atoms with van der Waals surface area (Å²) in [6.45, 7) is 2.05. The van der Waals surface area contributed by atoms with Crippen LogP contribution in [0.2, 0.25) is 0 Å². The number of furan rings is 1. The third kappa shape index (κ3) is 2.12. The molecule has 2 heterocycles. The molecule has 4 heteroatoms. The van der Waals surface area contributed by atoms with Gasteiger partial charge in [-0.3, -0.25) is 0 Å². The van der Waals surface area contributed by atoms with E-state index in [0.717, 1.165) is 32.5 Å². The standard InChI is InChI=1S/C15H13BrN2O/c1-10-7-15(17-8-12(10)16)18(2)13-9-19-14-6-4-3-5-11(13)14/h3-9H,1-2H3. The average molecular weight is 317 g/mol. The van der Waals surface area contributed by atoms with Crippen LogP contribution in [-0.2, 0) is 0 Å². The fourth-order valence-electron chi connectivity index (χ4n) is 2.05. The second-order valence-corrected chi connectivity index (χ2v) is 5.32. The summed E-state index contributed by atoms with van der Waals surface area (Å²) in [4.78, 5) is 6.47. The molecule has 3 nitrogen and oxygen atoms in total. The first-order valence-corrected chi connectivity index (χ1v) is 6.78. The van der Waals surface area contributed by atoms with Gasteiger partial charge < -0.3 is 9.32 Å². The molecule has 3 rings (SSSR count). The first-order valence-electron chi connectivity index (χ1n) is 5.99. The van der Waals surface area contributed by atoms with Crippen molar-refractivity contribution < 1.29 is 4.42 Å². The summed E-state index contributed by atoms with van der Waals surface area (Å²) >= 11 is 3.47. The van der Waals surface area contributed by atoms with Gasteiger partial charge in [0.15, 0.2) is 0 Å². The number of pyridine rings is 1. The summed E-state index contributed by atoms with van der Waals surface area (Å²) in [6, 6.07) is 10.0. The first-order chi connectivity index (χ1) is 9.16. The predicted molar refractivity (Wildman–Crippen MR) is 81.0 cm³/mol. The van der Waals surface area contributed by atoms with Gasteiger partial charge in [0.1, 0.15) is 17.7 Å². The van der Waals surface area contributed by atoms with Crippen molar-refractivity contribution in [3.8, 4) is 0 Å². The van der Waals surface area contributed by atoms with E-state index >= 15 is 0 Å². The molecule has 0 aliphatic carbocycles. The van der Waals surface area contributed by atoms with Gasteiger partial charge in [0, 0.05) is 23.1 Å². The molecule has 0 spiro atoms. The lowest BCUT2D eigenvalue weighted by Crippen LogP contribution is -2.10. The lowest BCUT2D eigenvalue weighted by Gasteiger charge is -2.17. The molecule has 1 aromatic carbocycles. The quantitative estimate of drug-likeness (QED) is 0.688. The minimum absolute atomic E-state index is 0.887. The van der Waals surface area contributed by atoms with Gasteiger partial charge in [-0.25, -0.2) is 4.98 Å². The molecular formula is C15H13BrN2O. The van der Waals surface area contributed by atoms with Crippen LogP contribution in [0, 0.1) is 6.92 Å². The van der Waals surface area contributed by atoms with Gasteiger partial charge in [0.05, 0.1) is 5.69 Å². The van der Waals surface area contributed by atoms with E-state index in [9.17, 15) is 0 Å². The van der Waals surface area contributed by atoms with E-state index in [1.165, 1.54) is 0 Å². The highest BCUT2D eigenvalue weighted by Gasteiger charge is 2.12. The molecule has 0 unspecified atom stereocenters. The van der Waals surface area contributed by atoms with Gasteiger partial charge in [-0.15, -0.1) is 0 Å². The van der Waals surface area contributed by atoms with Crippen LogP contribution in [0.3, 0.4) is 0 Å². The SMILES string of the molecule is Cc1cc(N(C)c2coc3ccccc23)ncc1Br. The molecule has 0 aliphatic heterocycles. The molecular weight excluding hydrogens is 304 g/mol. The second-order valence-electron chi connectivity index (χ2n) is 4.47. The molecule has 96 valence electrons. The normalized spacial score (nSPS) is 10.9. The van der Waals surface area contributed by atoms with Crippen LogP contribution in [0.15, 0.2) is 51.7 Å². The number of hydrogen-bond donors (Lipinski definition) is 0. The Morgan fingerprint density at radius 3 is 2.84 bits per heavy atom. The Bertz CT molecular complexity index is 736. The molecule has 19 heavy (non-hydrogen) atoms. The Balaban J connectivity index is 2.08. The molecule has 0 saturated heterocycles. The summed E-state index contributed by atoms with van der Waals surface area (Å²) in [5.74, 6) is 0.896. The van der Waals surface area contributed by atoms with Gasteiger partial charge in [-0.05, 0) is 46.6 Å². The number of aromatic nitrogens is 1. The Morgan fingerprint density at radius 2 is 2.05 bits per heavy atom. The maximum atomic E-state index is 5.57. The summed E-state index contributed by atoms with van der Waals surface area (Å²) in [6.07, 6.45) is 3.59. The summed E-state index contributed by atoms with van der Waals surface area (Å²) < 4.78 is 6.58. The molecule has 0 aliphatic rings. The van der Waals surface area contributed by atoms with Gasteiger partial charge in [0.25, 0.3) is 0 Å². The number of hydrogen-bond acceptors (Lipinski definition) is 3. The number of halogens is 1. The van der Waals surface area contributed by atoms with Crippen molar-refractivity contribution in [2.75, 3.05) is 11.9 Å². The predicted octanol–water partition coefficient (Wildman–Crippen LogP) is 4.67. The molecule has 0 bridgehead atoms. The maximum Gasteiger partial charge on any atom is 0.136 e. The Labute approximate surface area is 120 Å². The second kappa shape index (κ2) is 4.70. The van der Waals surface area contributed by atoms with Crippen LogP contribution in [0.1, 0.15) is 5.56 Å². The number of anilines is 2. The number of para-hydroxylation sites is 1. The van der Waals surface area contributed by atoms with Crippen molar-refractivity contribution in [1.82, 2.24) is 4.98 Å². The average Bonchev–Trinajstić information content (AvgIpc) is 2.85. The van der Waals surface area contributed by atoms with Crippen LogP contribution < -0.4 is 4.90 Å². The van der Waals surface area contributed by atoms with Gasteiger partial charge in [0.2, 0.25) is 0 Å². The minimum Gasteiger partial charge on any atom is -0.462 e. The fraction of sp³-hybridized carbons (Fsp3) is 0.133. The van der Waals surface area contributed by atoms with Crippen molar-refractivity contribution in [2.24, 2.45) is 0 Å². The summed E-state index contributed by atoms with van der Waals surface area (Å²) in [5.41, 5.74) is 3.06. The Hall–Kier alpha value is -1.81. The van der Waals surface area contributed by atoms with Gasteiger partial charge in [-0.1, -0.05) is 12.1 Å². The first kappa shape index (κ1) is 12.2.